The Kier molecular flexibility index (Phi) is 3.24. The number of ether oxygens (including phenoxy) is 1. The van der Waals surface area contributed by atoms with Gasteiger partial charge in [-0.05, 0) is 24.3 Å². The zero-order valence-electron chi connectivity index (χ0n) is 11.3. The highest BCUT2D eigenvalue weighted by Crippen LogP contribution is 2.39. The second-order valence-electron chi connectivity index (χ2n) is 4.88. The standard InChI is InChI=1S/C15H10Cl2N4O/c16-9-1-2-13(21-8-14(17)19-20-21)11(7-9)10-3-5-18-12-4-6-22-15(10)12/h1-3,5,7-8H,4,6H2. The first-order valence-corrected chi connectivity index (χ1v) is 7.47. The second kappa shape index (κ2) is 5.26. The van der Waals surface area contributed by atoms with Gasteiger partial charge in [0.2, 0.25) is 0 Å². The predicted octanol–water partition coefficient (Wildman–Crippen LogP) is 3.57. The lowest BCUT2D eigenvalue weighted by molar-refractivity contribution is 0.358. The van der Waals surface area contributed by atoms with Crippen LogP contribution in [0.5, 0.6) is 5.75 Å². The van der Waals surface area contributed by atoms with Gasteiger partial charge in [0, 0.05) is 28.8 Å². The highest BCUT2D eigenvalue weighted by atomic mass is 35.5. The van der Waals surface area contributed by atoms with Gasteiger partial charge in [-0.3, -0.25) is 4.98 Å². The predicted molar refractivity (Wildman–Crippen MR) is 83.8 cm³/mol. The Hall–Kier alpha value is -2.11. The quantitative estimate of drug-likeness (QED) is 0.719. The highest BCUT2D eigenvalue weighted by Gasteiger charge is 2.21. The van der Waals surface area contributed by atoms with Gasteiger partial charge in [-0.25, -0.2) is 4.68 Å². The first kappa shape index (κ1) is 13.5. The molecule has 0 amide bonds. The van der Waals surface area contributed by atoms with Crippen molar-refractivity contribution in [3.8, 4) is 22.6 Å². The summed E-state index contributed by atoms with van der Waals surface area (Å²) in [6.07, 6.45) is 4.24. The van der Waals surface area contributed by atoms with E-state index in [-0.39, 0.29) is 0 Å². The molecule has 3 aromatic rings. The van der Waals surface area contributed by atoms with Crippen molar-refractivity contribution in [3.63, 3.8) is 0 Å². The second-order valence-corrected chi connectivity index (χ2v) is 5.70. The van der Waals surface area contributed by atoms with Gasteiger partial charge in [-0.2, -0.15) is 0 Å². The Balaban J connectivity index is 1.95. The maximum atomic E-state index is 6.18. The minimum absolute atomic E-state index is 0.331. The minimum Gasteiger partial charge on any atom is -0.491 e. The number of pyridine rings is 1. The topological polar surface area (TPSA) is 52.8 Å². The fourth-order valence-electron chi connectivity index (χ4n) is 2.58. The molecule has 7 heteroatoms. The molecule has 110 valence electrons. The van der Waals surface area contributed by atoms with Crippen molar-refractivity contribution in [2.45, 2.75) is 6.42 Å². The fourth-order valence-corrected chi connectivity index (χ4v) is 2.88. The van der Waals surface area contributed by atoms with Crippen LogP contribution < -0.4 is 4.74 Å². The molecule has 5 nitrogen and oxygen atoms in total. The summed E-state index contributed by atoms with van der Waals surface area (Å²) in [5, 5.41) is 8.82. The number of rotatable bonds is 2. The van der Waals surface area contributed by atoms with Gasteiger partial charge in [0.05, 0.1) is 24.2 Å². The molecule has 0 fully saturated rings. The fraction of sp³-hybridized carbons (Fsp3) is 0.133. The number of aromatic nitrogens is 4. The van der Waals surface area contributed by atoms with Crippen molar-refractivity contribution >= 4 is 23.2 Å². The van der Waals surface area contributed by atoms with Crippen LogP contribution in [0.25, 0.3) is 16.8 Å². The van der Waals surface area contributed by atoms with E-state index in [0.29, 0.717) is 16.8 Å². The zero-order chi connectivity index (χ0) is 15.1. The average molecular weight is 333 g/mol. The Morgan fingerprint density at radius 1 is 1.14 bits per heavy atom. The van der Waals surface area contributed by atoms with Crippen LogP contribution in [0.15, 0.2) is 36.7 Å². The summed E-state index contributed by atoms with van der Waals surface area (Å²) in [5.74, 6) is 0.803. The Morgan fingerprint density at radius 3 is 2.86 bits per heavy atom. The number of nitrogens with zero attached hydrogens (tertiary/aromatic N) is 4. The average Bonchev–Trinajstić information content (AvgIpc) is 3.15. The molecule has 0 radical (unpaired) electrons. The van der Waals surface area contributed by atoms with Gasteiger partial charge in [0.25, 0.3) is 0 Å². The molecular weight excluding hydrogens is 323 g/mol. The number of benzene rings is 1. The van der Waals surface area contributed by atoms with E-state index in [1.165, 1.54) is 0 Å². The number of halogens is 2. The van der Waals surface area contributed by atoms with Gasteiger partial charge in [-0.15, -0.1) is 5.10 Å². The maximum Gasteiger partial charge on any atom is 0.171 e. The van der Waals surface area contributed by atoms with E-state index in [4.69, 9.17) is 27.9 Å². The van der Waals surface area contributed by atoms with Crippen LogP contribution in [-0.4, -0.2) is 26.6 Å². The molecule has 0 atom stereocenters. The van der Waals surface area contributed by atoms with Crippen molar-refractivity contribution in [1.29, 1.82) is 0 Å². The third-order valence-corrected chi connectivity index (χ3v) is 3.93. The number of fused-ring (bicyclic) bond motifs is 1. The molecule has 1 aromatic carbocycles. The summed E-state index contributed by atoms with van der Waals surface area (Å²) in [4.78, 5) is 4.36. The van der Waals surface area contributed by atoms with Crippen LogP contribution >= 0.6 is 23.2 Å². The summed E-state index contributed by atoms with van der Waals surface area (Å²) in [7, 11) is 0. The molecule has 0 saturated heterocycles. The molecular formula is C15H10Cl2N4O. The van der Waals surface area contributed by atoms with E-state index in [9.17, 15) is 0 Å². The molecule has 0 saturated carbocycles. The first-order chi connectivity index (χ1) is 10.7. The molecule has 0 bridgehead atoms. The SMILES string of the molecule is Clc1ccc(-n2cc(Cl)nn2)c(-c2ccnc3c2OCC3)c1. The molecule has 4 rings (SSSR count). The largest absolute Gasteiger partial charge is 0.491 e. The monoisotopic (exact) mass is 332 g/mol. The van der Waals surface area contributed by atoms with Crippen LogP contribution in [0, 0.1) is 0 Å². The summed E-state index contributed by atoms with van der Waals surface area (Å²) >= 11 is 12.1. The van der Waals surface area contributed by atoms with Gasteiger partial charge in [-0.1, -0.05) is 28.4 Å². The number of hydrogen-bond acceptors (Lipinski definition) is 4. The molecule has 0 aliphatic carbocycles. The molecule has 2 aromatic heterocycles. The van der Waals surface area contributed by atoms with Gasteiger partial charge < -0.3 is 4.74 Å². The van der Waals surface area contributed by atoms with Crippen molar-refractivity contribution in [3.05, 3.63) is 52.5 Å². The molecule has 1 aliphatic rings. The zero-order valence-corrected chi connectivity index (χ0v) is 12.8. The lowest BCUT2D eigenvalue weighted by atomic mass is 10.0. The molecule has 0 spiro atoms. The smallest absolute Gasteiger partial charge is 0.171 e. The van der Waals surface area contributed by atoms with E-state index >= 15 is 0 Å². The van der Waals surface area contributed by atoms with Crippen molar-refractivity contribution < 1.29 is 4.74 Å². The number of hydrogen-bond donors (Lipinski definition) is 0. The molecule has 1 aliphatic heterocycles. The van der Waals surface area contributed by atoms with Crippen molar-refractivity contribution in [1.82, 2.24) is 20.0 Å². The van der Waals surface area contributed by atoms with Crippen molar-refractivity contribution in [2.75, 3.05) is 6.61 Å². The summed E-state index contributed by atoms with van der Waals surface area (Å²) in [5.41, 5.74) is 3.62. The third kappa shape index (κ3) is 2.23. The van der Waals surface area contributed by atoms with Crippen LogP contribution in [0.1, 0.15) is 5.69 Å². The summed E-state index contributed by atoms with van der Waals surface area (Å²) in [6.45, 7) is 0.643. The normalized spacial score (nSPS) is 13.0. The van der Waals surface area contributed by atoms with Gasteiger partial charge >= 0.3 is 0 Å². The molecule has 3 heterocycles. The Bertz CT molecular complexity index is 862. The molecule has 0 N–H and O–H groups in total. The van der Waals surface area contributed by atoms with Crippen LogP contribution in [-0.2, 0) is 6.42 Å². The maximum absolute atomic E-state index is 6.18. The van der Waals surface area contributed by atoms with E-state index in [1.54, 1.807) is 23.1 Å². The summed E-state index contributed by atoms with van der Waals surface area (Å²) < 4.78 is 7.36. The van der Waals surface area contributed by atoms with Crippen LogP contribution in [0.2, 0.25) is 10.2 Å². The first-order valence-electron chi connectivity index (χ1n) is 6.71. The van der Waals surface area contributed by atoms with Gasteiger partial charge in [0.15, 0.2) is 5.15 Å². The van der Waals surface area contributed by atoms with E-state index < -0.39 is 0 Å². The van der Waals surface area contributed by atoms with E-state index in [1.807, 2.05) is 18.2 Å². The Morgan fingerprint density at radius 2 is 2.05 bits per heavy atom. The molecule has 0 unspecified atom stereocenters. The van der Waals surface area contributed by atoms with E-state index in [0.717, 1.165) is 34.7 Å². The lowest BCUT2D eigenvalue weighted by Crippen LogP contribution is -1.99. The highest BCUT2D eigenvalue weighted by molar-refractivity contribution is 6.31. The van der Waals surface area contributed by atoms with E-state index in [2.05, 4.69) is 15.3 Å². The van der Waals surface area contributed by atoms with Crippen molar-refractivity contribution in [2.24, 2.45) is 0 Å². The van der Waals surface area contributed by atoms with Crippen LogP contribution in [0.4, 0.5) is 0 Å². The minimum atomic E-state index is 0.331. The summed E-state index contributed by atoms with van der Waals surface area (Å²) in [6, 6.07) is 7.48. The third-order valence-electron chi connectivity index (χ3n) is 3.52. The lowest BCUT2D eigenvalue weighted by Gasteiger charge is -2.12. The van der Waals surface area contributed by atoms with Gasteiger partial charge in [0.1, 0.15) is 5.75 Å². The molecule has 22 heavy (non-hydrogen) atoms. The Labute approximate surface area is 136 Å². The van der Waals surface area contributed by atoms with Crippen LogP contribution in [0.3, 0.4) is 0 Å².